The van der Waals surface area contributed by atoms with Gasteiger partial charge in [-0.05, 0) is 45.4 Å². The van der Waals surface area contributed by atoms with Gasteiger partial charge >= 0.3 is 5.97 Å². The molecule has 0 saturated carbocycles. The van der Waals surface area contributed by atoms with Crippen LogP contribution >= 0.6 is 0 Å². The van der Waals surface area contributed by atoms with Crippen LogP contribution in [0.2, 0.25) is 0 Å². The lowest BCUT2D eigenvalue weighted by molar-refractivity contribution is -0.139. The Balaban J connectivity index is 2.09. The number of hydrogen-bond donors (Lipinski definition) is 3. The molecule has 3 N–H and O–H groups in total. The Kier molecular flexibility index (Phi) is 9.83. The van der Waals surface area contributed by atoms with Crippen molar-refractivity contribution in [2.45, 2.75) is 82.7 Å². The van der Waals surface area contributed by atoms with Crippen LogP contribution in [-0.2, 0) is 9.53 Å². The van der Waals surface area contributed by atoms with Crippen molar-refractivity contribution in [2.24, 2.45) is 0 Å². The maximum absolute atomic E-state index is 10.4. The van der Waals surface area contributed by atoms with Gasteiger partial charge in [-0.15, -0.1) is 0 Å². The van der Waals surface area contributed by atoms with Crippen molar-refractivity contribution in [3.63, 3.8) is 0 Å². The highest BCUT2D eigenvalue weighted by atomic mass is 16.5. The number of aliphatic hydroxyl groups is 2. The number of carboxylic acid groups (broad SMARTS) is 1. The summed E-state index contributed by atoms with van der Waals surface area (Å²) in [6, 6.07) is 0. The van der Waals surface area contributed by atoms with Gasteiger partial charge < -0.3 is 20.1 Å². The molecule has 0 aliphatic carbocycles. The van der Waals surface area contributed by atoms with Crippen LogP contribution in [0.4, 0.5) is 0 Å². The van der Waals surface area contributed by atoms with Gasteiger partial charge in [-0.1, -0.05) is 24.3 Å². The van der Waals surface area contributed by atoms with Gasteiger partial charge in [0.25, 0.3) is 0 Å². The SMILES string of the molecule is C[C@H]1CCC[C@@H](CC/C=C\C/C=C\[C@@H](O)C[C@@H](O)CC(=O)O)O1. The third kappa shape index (κ3) is 10.3. The van der Waals surface area contributed by atoms with Crippen LogP contribution in [0.15, 0.2) is 24.3 Å². The molecule has 23 heavy (non-hydrogen) atoms. The van der Waals surface area contributed by atoms with Crippen LogP contribution in [0.5, 0.6) is 0 Å². The fourth-order valence-electron chi connectivity index (χ4n) is 2.76. The number of carbonyl (C=O) groups is 1. The Morgan fingerprint density at radius 2 is 2.04 bits per heavy atom. The van der Waals surface area contributed by atoms with Crippen molar-refractivity contribution in [1.29, 1.82) is 0 Å². The minimum absolute atomic E-state index is 0.0454. The van der Waals surface area contributed by atoms with E-state index in [0.717, 1.165) is 19.3 Å². The van der Waals surface area contributed by atoms with E-state index < -0.39 is 18.2 Å². The molecule has 0 bridgehead atoms. The number of aliphatic carboxylic acids is 1. The Morgan fingerprint density at radius 1 is 1.26 bits per heavy atom. The molecule has 1 saturated heterocycles. The average Bonchev–Trinajstić information content (AvgIpc) is 2.45. The second kappa shape index (κ2) is 11.4. The van der Waals surface area contributed by atoms with Crippen molar-refractivity contribution in [2.75, 3.05) is 0 Å². The fraction of sp³-hybridized carbons (Fsp3) is 0.722. The van der Waals surface area contributed by atoms with Gasteiger partial charge in [0.2, 0.25) is 0 Å². The van der Waals surface area contributed by atoms with Crippen LogP contribution in [0.25, 0.3) is 0 Å². The molecule has 0 spiro atoms. The zero-order valence-corrected chi connectivity index (χ0v) is 13.9. The second-order valence-corrected chi connectivity index (χ2v) is 6.27. The van der Waals surface area contributed by atoms with E-state index in [1.807, 2.05) is 12.2 Å². The molecule has 132 valence electrons. The number of hydrogen-bond acceptors (Lipinski definition) is 4. The van der Waals surface area contributed by atoms with E-state index in [1.54, 1.807) is 6.08 Å². The van der Waals surface area contributed by atoms with Gasteiger partial charge in [-0.25, -0.2) is 0 Å². The topological polar surface area (TPSA) is 87.0 Å². The minimum Gasteiger partial charge on any atom is -0.481 e. The molecule has 1 heterocycles. The van der Waals surface area contributed by atoms with E-state index in [2.05, 4.69) is 13.0 Å². The number of allylic oxidation sites excluding steroid dienone is 3. The first-order chi connectivity index (χ1) is 11.0. The molecule has 0 unspecified atom stereocenters. The van der Waals surface area contributed by atoms with Gasteiger partial charge in [-0.2, -0.15) is 0 Å². The molecular weight excluding hydrogens is 296 g/mol. The lowest BCUT2D eigenvalue weighted by atomic mass is 10.0. The Bertz CT molecular complexity index is 391. The summed E-state index contributed by atoms with van der Waals surface area (Å²) in [6.45, 7) is 2.13. The number of rotatable bonds is 10. The average molecular weight is 326 g/mol. The van der Waals surface area contributed by atoms with E-state index in [9.17, 15) is 15.0 Å². The predicted octanol–water partition coefficient (Wildman–Crippen LogP) is 2.81. The third-order valence-electron chi connectivity index (χ3n) is 3.94. The molecule has 4 atom stereocenters. The van der Waals surface area contributed by atoms with E-state index in [1.165, 1.54) is 12.8 Å². The van der Waals surface area contributed by atoms with Crippen LogP contribution in [0.3, 0.4) is 0 Å². The Morgan fingerprint density at radius 3 is 2.74 bits per heavy atom. The normalized spacial score (nSPS) is 25.0. The van der Waals surface area contributed by atoms with Gasteiger partial charge in [0, 0.05) is 6.42 Å². The van der Waals surface area contributed by atoms with Crippen LogP contribution < -0.4 is 0 Å². The molecule has 1 aliphatic rings. The first-order valence-corrected chi connectivity index (χ1v) is 8.52. The van der Waals surface area contributed by atoms with Crippen molar-refractivity contribution < 1.29 is 24.9 Å². The summed E-state index contributed by atoms with van der Waals surface area (Å²) in [7, 11) is 0. The van der Waals surface area contributed by atoms with Gasteiger partial charge in [0.15, 0.2) is 0 Å². The first-order valence-electron chi connectivity index (χ1n) is 8.52. The first kappa shape index (κ1) is 19.9. The van der Waals surface area contributed by atoms with Crippen molar-refractivity contribution in [3.8, 4) is 0 Å². The van der Waals surface area contributed by atoms with Crippen molar-refractivity contribution >= 4 is 5.97 Å². The fourth-order valence-corrected chi connectivity index (χ4v) is 2.76. The molecule has 5 nitrogen and oxygen atoms in total. The summed E-state index contributed by atoms with van der Waals surface area (Å²) in [4.78, 5) is 10.4. The third-order valence-corrected chi connectivity index (χ3v) is 3.94. The highest BCUT2D eigenvalue weighted by molar-refractivity contribution is 5.67. The van der Waals surface area contributed by atoms with Gasteiger partial charge in [0.05, 0.1) is 30.8 Å². The molecule has 0 amide bonds. The quantitative estimate of drug-likeness (QED) is 0.537. The minimum atomic E-state index is -1.06. The number of carboxylic acids is 1. The number of aliphatic hydroxyl groups excluding tert-OH is 2. The standard InChI is InChI=1S/C18H30O5/c1-14-8-7-11-17(23-14)10-6-4-2-3-5-9-15(19)12-16(20)13-18(21)22/h2,4-5,9,14-17,19-20H,3,6-8,10-13H2,1H3,(H,21,22)/b4-2-,9-5-/t14-,15+,16+,17+/m0/s1. The van der Waals surface area contributed by atoms with E-state index in [-0.39, 0.29) is 12.8 Å². The number of ether oxygens (including phenoxy) is 1. The molecular formula is C18H30O5. The second-order valence-electron chi connectivity index (χ2n) is 6.27. The summed E-state index contributed by atoms with van der Waals surface area (Å²) in [5, 5.41) is 27.6. The molecule has 5 heteroatoms. The largest absolute Gasteiger partial charge is 0.481 e. The molecule has 0 aromatic heterocycles. The predicted molar refractivity (Wildman–Crippen MR) is 89.2 cm³/mol. The molecule has 0 aromatic rings. The van der Waals surface area contributed by atoms with Crippen LogP contribution in [0, 0.1) is 0 Å². The van der Waals surface area contributed by atoms with Gasteiger partial charge in [-0.3, -0.25) is 4.79 Å². The smallest absolute Gasteiger partial charge is 0.305 e. The zero-order valence-electron chi connectivity index (χ0n) is 13.9. The summed E-state index contributed by atoms with van der Waals surface area (Å²) in [5.74, 6) is -1.06. The zero-order chi connectivity index (χ0) is 17.1. The van der Waals surface area contributed by atoms with Gasteiger partial charge in [0.1, 0.15) is 0 Å². The van der Waals surface area contributed by atoms with E-state index >= 15 is 0 Å². The summed E-state index contributed by atoms with van der Waals surface area (Å²) in [5.41, 5.74) is 0. The monoisotopic (exact) mass is 326 g/mol. The van der Waals surface area contributed by atoms with Crippen molar-refractivity contribution in [3.05, 3.63) is 24.3 Å². The summed E-state index contributed by atoms with van der Waals surface area (Å²) >= 11 is 0. The Labute approximate surface area is 138 Å². The van der Waals surface area contributed by atoms with E-state index in [4.69, 9.17) is 9.84 Å². The maximum Gasteiger partial charge on any atom is 0.305 e. The Hall–Kier alpha value is -1.17. The molecule has 1 fully saturated rings. The van der Waals surface area contributed by atoms with E-state index in [0.29, 0.717) is 18.6 Å². The molecule has 1 aliphatic heterocycles. The highest BCUT2D eigenvalue weighted by Crippen LogP contribution is 2.21. The maximum atomic E-state index is 10.4. The lowest BCUT2D eigenvalue weighted by Gasteiger charge is -2.27. The molecule has 0 aromatic carbocycles. The lowest BCUT2D eigenvalue weighted by Crippen LogP contribution is -2.25. The molecule has 1 rings (SSSR count). The van der Waals surface area contributed by atoms with Crippen molar-refractivity contribution in [1.82, 2.24) is 0 Å². The summed E-state index contributed by atoms with van der Waals surface area (Å²) < 4.78 is 5.86. The van der Waals surface area contributed by atoms with Crippen LogP contribution in [-0.4, -0.2) is 45.7 Å². The molecule has 0 radical (unpaired) electrons. The highest BCUT2D eigenvalue weighted by Gasteiger charge is 2.17. The van der Waals surface area contributed by atoms with Crippen LogP contribution in [0.1, 0.15) is 58.3 Å². The summed E-state index contributed by atoms with van der Waals surface area (Å²) in [6.07, 6.45) is 12.6.